The van der Waals surface area contributed by atoms with Gasteiger partial charge in [-0.2, -0.15) is 5.10 Å². The summed E-state index contributed by atoms with van der Waals surface area (Å²) in [5, 5.41) is 7.58. The van der Waals surface area contributed by atoms with Crippen molar-refractivity contribution in [1.29, 1.82) is 0 Å². The second-order valence-electron chi connectivity index (χ2n) is 4.09. The van der Waals surface area contributed by atoms with Crippen LogP contribution in [0.2, 0.25) is 0 Å². The molecule has 2 heterocycles. The van der Waals surface area contributed by atoms with E-state index in [0.717, 1.165) is 0 Å². The number of aromatic nitrogens is 3. The van der Waals surface area contributed by atoms with Crippen molar-refractivity contribution in [2.45, 2.75) is 25.3 Å². The Morgan fingerprint density at radius 2 is 2.21 bits per heavy atom. The van der Waals surface area contributed by atoms with E-state index in [2.05, 4.69) is 15.0 Å². The highest BCUT2D eigenvalue weighted by molar-refractivity contribution is 7.89. The number of nitrogens with one attached hydrogen (secondary N) is 1. The Kier molecular flexibility index (Phi) is 3.58. The fourth-order valence-electron chi connectivity index (χ4n) is 1.73. The van der Waals surface area contributed by atoms with Gasteiger partial charge in [0.1, 0.15) is 10.6 Å². The molecule has 0 radical (unpaired) electrons. The third-order valence-corrected chi connectivity index (χ3v) is 4.23. The van der Waals surface area contributed by atoms with Gasteiger partial charge >= 0.3 is 0 Å². The van der Waals surface area contributed by atoms with Crippen molar-refractivity contribution in [2.24, 2.45) is 0 Å². The fraction of sp³-hybridized carbons (Fsp3) is 0.400. The quantitative estimate of drug-likeness (QED) is 0.801. The molecule has 0 aliphatic rings. The van der Waals surface area contributed by atoms with E-state index in [1.165, 1.54) is 6.20 Å². The van der Waals surface area contributed by atoms with E-state index in [1.807, 2.05) is 0 Å². The van der Waals surface area contributed by atoms with Crippen LogP contribution in [0.25, 0.3) is 0 Å². The first-order chi connectivity index (χ1) is 8.90. The zero-order chi connectivity index (χ0) is 14.0. The van der Waals surface area contributed by atoms with Crippen molar-refractivity contribution in [3.8, 4) is 0 Å². The largest absolute Gasteiger partial charge is 0.396 e. The number of nitrogen functional groups attached to an aromatic ring is 1. The molecule has 0 amide bonds. The molecule has 0 fully saturated rings. The summed E-state index contributed by atoms with van der Waals surface area (Å²) in [6.07, 6.45) is 3.13. The van der Waals surface area contributed by atoms with Gasteiger partial charge in [-0.3, -0.25) is 4.68 Å². The Morgan fingerprint density at radius 1 is 1.47 bits per heavy atom. The SMILES string of the molecule is Cc1noc(C)c1S(=O)(=O)NCCn1cc(N)cn1. The number of anilines is 1. The van der Waals surface area contributed by atoms with Gasteiger partial charge in [-0.15, -0.1) is 0 Å². The standard InChI is InChI=1S/C10H15N5O3S/c1-7-10(8(2)18-14-7)19(16,17)13-3-4-15-6-9(11)5-12-15/h5-6,13H,3-4,11H2,1-2H3. The van der Waals surface area contributed by atoms with Crippen LogP contribution in [0.15, 0.2) is 21.8 Å². The first-order valence-corrected chi connectivity index (χ1v) is 7.09. The van der Waals surface area contributed by atoms with E-state index in [0.29, 0.717) is 17.9 Å². The van der Waals surface area contributed by atoms with Gasteiger partial charge in [-0.05, 0) is 13.8 Å². The van der Waals surface area contributed by atoms with Gasteiger partial charge in [0.2, 0.25) is 10.0 Å². The van der Waals surface area contributed by atoms with Gasteiger partial charge in [0.15, 0.2) is 5.76 Å². The van der Waals surface area contributed by atoms with Crippen LogP contribution in [-0.4, -0.2) is 29.9 Å². The summed E-state index contributed by atoms with van der Waals surface area (Å²) in [5.41, 5.74) is 6.39. The molecular formula is C10H15N5O3S. The van der Waals surface area contributed by atoms with Crippen LogP contribution in [0.3, 0.4) is 0 Å². The molecule has 2 aromatic heterocycles. The van der Waals surface area contributed by atoms with Gasteiger partial charge in [0.25, 0.3) is 0 Å². The molecule has 0 aliphatic heterocycles. The van der Waals surface area contributed by atoms with Crippen molar-refractivity contribution < 1.29 is 12.9 Å². The number of aryl methyl sites for hydroxylation is 2. The van der Waals surface area contributed by atoms with Gasteiger partial charge in [0, 0.05) is 12.7 Å². The number of nitrogens with zero attached hydrogens (tertiary/aromatic N) is 3. The molecule has 104 valence electrons. The zero-order valence-electron chi connectivity index (χ0n) is 10.6. The molecule has 19 heavy (non-hydrogen) atoms. The van der Waals surface area contributed by atoms with E-state index >= 15 is 0 Å². The molecule has 0 aliphatic carbocycles. The molecule has 0 spiro atoms. The lowest BCUT2D eigenvalue weighted by Gasteiger charge is -2.06. The van der Waals surface area contributed by atoms with Crippen LogP contribution in [0, 0.1) is 13.8 Å². The van der Waals surface area contributed by atoms with Crippen molar-refractivity contribution in [3.05, 3.63) is 23.8 Å². The summed E-state index contributed by atoms with van der Waals surface area (Å²) < 4.78 is 33.0. The normalized spacial score (nSPS) is 11.9. The molecule has 2 rings (SSSR count). The Balaban J connectivity index is 2.03. The Hall–Kier alpha value is -1.87. The van der Waals surface area contributed by atoms with E-state index in [-0.39, 0.29) is 17.2 Å². The lowest BCUT2D eigenvalue weighted by Crippen LogP contribution is -2.28. The zero-order valence-corrected chi connectivity index (χ0v) is 11.4. The Morgan fingerprint density at radius 3 is 2.74 bits per heavy atom. The second-order valence-corrected chi connectivity index (χ2v) is 5.79. The maximum Gasteiger partial charge on any atom is 0.246 e. The third-order valence-electron chi connectivity index (χ3n) is 2.52. The third kappa shape index (κ3) is 2.93. The van der Waals surface area contributed by atoms with Gasteiger partial charge < -0.3 is 10.3 Å². The van der Waals surface area contributed by atoms with Crippen molar-refractivity contribution in [2.75, 3.05) is 12.3 Å². The van der Waals surface area contributed by atoms with Crippen LogP contribution in [-0.2, 0) is 16.6 Å². The molecule has 9 heteroatoms. The van der Waals surface area contributed by atoms with E-state index in [9.17, 15) is 8.42 Å². The van der Waals surface area contributed by atoms with Gasteiger partial charge in [-0.25, -0.2) is 13.1 Å². The minimum atomic E-state index is -3.62. The van der Waals surface area contributed by atoms with Crippen LogP contribution in [0.5, 0.6) is 0 Å². The lowest BCUT2D eigenvalue weighted by atomic mass is 10.4. The maximum absolute atomic E-state index is 12.1. The summed E-state index contributed by atoms with van der Waals surface area (Å²) >= 11 is 0. The molecule has 0 unspecified atom stereocenters. The van der Waals surface area contributed by atoms with E-state index < -0.39 is 10.0 Å². The van der Waals surface area contributed by atoms with Crippen LogP contribution >= 0.6 is 0 Å². The second kappa shape index (κ2) is 5.02. The number of sulfonamides is 1. The Labute approximate surface area is 110 Å². The minimum Gasteiger partial charge on any atom is -0.396 e. The van der Waals surface area contributed by atoms with Gasteiger partial charge in [-0.1, -0.05) is 5.16 Å². The smallest absolute Gasteiger partial charge is 0.246 e. The summed E-state index contributed by atoms with van der Waals surface area (Å²) in [5.74, 6) is 0.272. The molecule has 0 aromatic carbocycles. The fourth-order valence-corrected chi connectivity index (χ4v) is 3.07. The summed E-state index contributed by atoms with van der Waals surface area (Å²) in [7, 11) is -3.62. The molecule has 8 nitrogen and oxygen atoms in total. The monoisotopic (exact) mass is 285 g/mol. The van der Waals surface area contributed by atoms with Crippen LogP contribution in [0.1, 0.15) is 11.5 Å². The first-order valence-electron chi connectivity index (χ1n) is 5.60. The van der Waals surface area contributed by atoms with E-state index in [1.54, 1.807) is 24.7 Å². The summed E-state index contributed by atoms with van der Waals surface area (Å²) in [6.45, 7) is 3.73. The average molecular weight is 285 g/mol. The summed E-state index contributed by atoms with van der Waals surface area (Å²) in [4.78, 5) is 0.0903. The number of nitrogens with two attached hydrogens (primary N) is 1. The number of hydrogen-bond donors (Lipinski definition) is 2. The predicted octanol–water partition coefficient (Wildman–Crippen LogP) is 0.0486. The predicted molar refractivity (Wildman–Crippen MR) is 67.8 cm³/mol. The van der Waals surface area contributed by atoms with Crippen LogP contribution in [0.4, 0.5) is 5.69 Å². The minimum absolute atomic E-state index is 0.0903. The maximum atomic E-state index is 12.1. The molecule has 0 saturated heterocycles. The highest BCUT2D eigenvalue weighted by Crippen LogP contribution is 2.18. The molecule has 0 atom stereocenters. The van der Waals surface area contributed by atoms with E-state index in [4.69, 9.17) is 10.3 Å². The molecule has 3 N–H and O–H groups in total. The van der Waals surface area contributed by atoms with Crippen molar-refractivity contribution >= 4 is 15.7 Å². The molecule has 0 bridgehead atoms. The van der Waals surface area contributed by atoms with Gasteiger partial charge in [0.05, 0.1) is 18.4 Å². The number of hydrogen-bond acceptors (Lipinski definition) is 6. The highest BCUT2D eigenvalue weighted by atomic mass is 32.2. The molecular weight excluding hydrogens is 270 g/mol. The number of rotatable bonds is 5. The summed E-state index contributed by atoms with van der Waals surface area (Å²) in [6, 6.07) is 0. The lowest BCUT2D eigenvalue weighted by molar-refractivity contribution is 0.390. The molecule has 2 aromatic rings. The highest BCUT2D eigenvalue weighted by Gasteiger charge is 2.23. The van der Waals surface area contributed by atoms with Crippen molar-refractivity contribution in [3.63, 3.8) is 0 Å². The van der Waals surface area contributed by atoms with Crippen LogP contribution < -0.4 is 10.5 Å². The topological polar surface area (TPSA) is 116 Å². The van der Waals surface area contributed by atoms with Crippen molar-refractivity contribution in [1.82, 2.24) is 19.7 Å². The molecule has 0 saturated carbocycles. The first kappa shape index (κ1) is 13.6. The Bertz CT molecular complexity index is 654. The average Bonchev–Trinajstić information content (AvgIpc) is 2.86.